The molecule has 1 atom stereocenters. The lowest BCUT2D eigenvalue weighted by Crippen LogP contribution is -2.45. The second kappa shape index (κ2) is 7.26. The molecule has 2 rings (SSSR count). The summed E-state index contributed by atoms with van der Waals surface area (Å²) in [6.45, 7) is 4.40. The van der Waals surface area contributed by atoms with Crippen LogP contribution in [0.2, 0.25) is 0 Å². The highest BCUT2D eigenvalue weighted by molar-refractivity contribution is 5.79. The predicted molar refractivity (Wildman–Crippen MR) is 82.6 cm³/mol. The Kier molecular flexibility index (Phi) is 5.38. The van der Waals surface area contributed by atoms with E-state index in [0.29, 0.717) is 12.4 Å². The summed E-state index contributed by atoms with van der Waals surface area (Å²) in [5.74, 6) is 1.38. The summed E-state index contributed by atoms with van der Waals surface area (Å²) in [4.78, 5) is 8.40. The molecule has 1 aromatic rings. The molecule has 0 bridgehead atoms. The molecule has 0 spiro atoms. The van der Waals surface area contributed by atoms with E-state index in [1.54, 1.807) is 20.4 Å². The monoisotopic (exact) mass is 292 g/mol. The number of pyridine rings is 1. The Hall–Kier alpha value is -1.82. The maximum atomic E-state index is 5.75. The first-order chi connectivity index (χ1) is 10.1. The minimum atomic E-state index is -0.0840. The van der Waals surface area contributed by atoms with Gasteiger partial charge in [0.2, 0.25) is 5.88 Å². The molecule has 0 aromatic carbocycles. The number of hydrogen-bond acceptors (Lipinski definition) is 4. The average molecular weight is 292 g/mol. The number of ether oxygens (including phenoxy) is 2. The number of hydrogen-bond donors (Lipinski definition) is 2. The van der Waals surface area contributed by atoms with Gasteiger partial charge >= 0.3 is 0 Å². The largest absolute Gasteiger partial charge is 0.481 e. The van der Waals surface area contributed by atoms with E-state index in [9.17, 15) is 0 Å². The van der Waals surface area contributed by atoms with Gasteiger partial charge in [0, 0.05) is 39.0 Å². The van der Waals surface area contributed by atoms with Crippen LogP contribution in [0, 0.1) is 0 Å². The number of aromatic nitrogens is 1. The Morgan fingerprint density at radius 2 is 2.33 bits per heavy atom. The van der Waals surface area contributed by atoms with Crippen molar-refractivity contribution in [1.29, 1.82) is 0 Å². The molecule has 1 saturated heterocycles. The average Bonchev–Trinajstić information content (AvgIpc) is 2.95. The molecule has 2 heterocycles. The van der Waals surface area contributed by atoms with E-state index in [4.69, 9.17) is 9.47 Å². The minimum Gasteiger partial charge on any atom is -0.481 e. The van der Waals surface area contributed by atoms with Crippen molar-refractivity contribution in [3.8, 4) is 5.88 Å². The summed E-state index contributed by atoms with van der Waals surface area (Å²) in [6, 6.07) is 3.83. The number of rotatable bonds is 5. The molecule has 21 heavy (non-hydrogen) atoms. The summed E-state index contributed by atoms with van der Waals surface area (Å²) in [7, 11) is 3.37. The van der Waals surface area contributed by atoms with Crippen molar-refractivity contribution in [1.82, 2.24) is 15.6 Å². The van der Waals surface area contributed by atoms with Crippen molar-refractivity contribution in [2.45, 2.75) is 31.9 Å². The van der Waals surface area contributed by atoms with Crippen molar-refractivity contribution < 1.29 is 9.47 Å². The molecule has 0 radical (unpaired) electrons. The molecule has 1 aromatic heterocycles. The Morgan fingerprint density at radius 1 is 1.48 bits per heavy atom. The first-order valence-corrected chi connectivity index (χ1v) is 7.22. The summed E-state index contributed by atoms with van der Waals surface area (Å²) in [5.41, 5.74) is 0.987. The van der Waals surface area contributed by atoms with Crippen LogP contribution in [0.1, 0.15) is 25.3 Å². The van der Waals surface area contributed by atoms with Crippen LogP contribution in [0.5, 0.6) is 5.88 Å². The van der Waals surface area contributed by atoms with Crippen LogP contribution in [0.15, 0.2) is 23.3 Å². The molecule has 0 aliphatic carbocycles. The normalized spacial score (nSPS) is 22.1. The van der Waals surface area contributed by atoms with Crippen molar-refractivity contribution in [2.75, 3.05) is 27.3 Å². The molecule has 0 amide bonds. The zero-order chi connectivity index (χ0) is 15.1. The molecule has 1 unspecified atom stereocenters. The number of methoxy groups -OCH3 is 1. The topological polar surface area (TPSA) is 67.8 Å². The van der Waals surface area contributed by atoms with Crippen LogP contribution >= 0.6 is 0 Å². The standard InChI is InChI=1S/C15H24N4O2/c1-15(7-4-8-21-15)11-19-14(16-2)18-10-12-5-6-13(20-3)17-9-12/h5-6,9H,4,7-8,10-11H2,1-3H3,(H2,16,18,19). The summed E-state index contributed by atoms with van der Waals surface area (Å²) < 4.78 is 10.8. The van der Waals surface area contributed by atoms with E-state index in [-0.39, 0.29) is 5.60 Å². The van der Waals surface area contributed by atoms with Gasteiger partial charge in [0.25, 0.3) is 0 Å². The van der Waals surface area contributed by atoms with Crippen molar-refractivity contribution >= 4 is 5.96 Å². The Balaban J connectivity index is 1.79. The Morgan fingerprint density at radius 3 is 2.90 bits per heavy atom. The molecular formula is C15H24N4O2. The SMILES string of the molecule is CN=C(NCc1ccc(OC)nc1)NCC1(C)CCCO1. The van der Waals surface area contributed by atoms with E-state index in [1.165, 1.54) is 0 Å². The number of aliphatic imine (C=N–C) groups is 1. The van der Waals surface area contributed by atoms with Gasteiger partial charge in [-0.25, -0.2) is 4.98 Å². The minimum absolute atomic E-state index is 0.0840. The highest BCUT2D eigenvalue weighted by Gasteiger charge is 2.29. The molecule has 1 aliphatic rings. The first-order valence-electron chi connectivity index (χ1n) is 7.22. The fraction of sp³-hybridized carbons (Fsp3) is 0.600. The number of nitrogens with zero attached hydrogens (tertiary/aromatic N) is 2. The quantitative estimate of drug-likeness (QED) is 0.633. The van der Waals surface area contributed by atoms with Gasteiger partial charge in [0.05, 0.1) is 12.7 Å². The van der Waals surface area contributed by atoms with Crippen LogP contribution in [0.3, 0.4) is 0 Å². The smallest absolute Gasteiger partial charge is 0.212 e. The van der Waals surface area contributed by atoms with Crippen LogP contribution < -0.4 is 15.4 Å². The van der Waals surface area contributed by atoms with Gasteiger partial charge < -0.3 is 20.1 Å². The van der Waals surface area contributed by atoms with Crippen LogP contribution in [0.25, 0.3) is 0 Å². The van der Waals surface area contributed by atoms with E-state index in [0.717, 1.165) is 37.5 Å². The van der Waals surface area contributed by atoms with Gasteiger partial charge in [0.1, 0.15) is 0 Å². The lowest BCUT2D eigenvalue weighted by Gasteiger charge is -2.24. The molecule has 116 valence electrons. The van der Waals surface area contributed by atoms with Gasteiger partial charge in [0.15, 0.2) is 5.96 Å². The molecule has 0 saturated carbocycles. The maximum absolute atomic E-state index is 5.75. The summed E-state index contributed by atoms with van der Waals surface area (Å²) >= 11 is 0. The third kappa shape index (κ3) is 4.60. The highest BCUT2D eigenvalue weighted by atomic mass is 16.5. The Labute approximate surface area is 126 Å². The first kappa shape index (κ1) is 15.6. The van der Waals surface area contributed by atoms with E-state index >= 15 is 0 Å². The predicted octanol–water partition coefficient (Wildman–Crippen LogP) is 1.32. The lowest BCUT2D eigenvalue weighted by atomic mass is 10.0. The molecule has 6 nitrogen and oxygen atoms in total. The molecular weight excluding hydrogens is 268 g/mol. The number of guanidine groups is 1. The fourth-order valence-electron chi connectivity index (χ4n) is 2.29. The molecule has 6 heteroatoms. The van der Waals surface area contributed by atoms with E-state index < -0.39 is 0 Å². The zero-order valence-corrected chi connectivity index (χ0v) is 13.0. The fourth-order valence-corrected chi connectivity index (χ4v) is 2.29. The zero-order valence-electron chi connectivity index (χ0n) is 13.0. The van der Waals surface area contributed by atoms with E-state index in [2.05, 4.69) is 27.5 Å². The van der Waals surface area contributed by atoms with Crippen molar-refractivity contribution in [3.63, 3.8) is 0 Å². The Bertz CT molecular complexity index is 467. The summed E-state index contributed by atoms with van der Waals surface area (Å²) in [6.07, 6.45) is 4.00. The van der Waals surface area contributed by atoms with Gasteiger partial charge in [-0.2, -0.15) is 0 Å². The second-order valence-electron chi connectivity index (χ2n) is 5.39. The third-order valence-electron chi connectivity index (χ3n) is 3.62. The van der Waals surface area contributed by atoms with Gasteiger partial charge in [-0.1, -0.05) is 6.07 Å². The van der Waals surface area contributed by atoms with Gasteiger partial charge in [-0.15, -0.1) is 0 Å². The van der Waals surface area contributed by atoms with Crippen molar-refractivity contribution in [2.24, 2.45) is 4.99 Å². The molecule has 2 N–H and O–H groups in total. The maximum Gasteiger partial charge on any atom is 0.212 e. The molecule has 1 fully saturated rings. The van der Waals surface area contributed by atoms with Crippen molar-refractivity contribution in [3.05, 3.63) is 23.9 Å². The van der Waals surface area contributed by atoms with E-state index in [1.807, 2.05) is 12.1 Å². The summed E-state index contributed by atoms with van der Waals surface area (Å²) in [5, 5.41) is 6.58. The second-order valence-corrected chi connectivity index (χ2v) is 5.39. The van der Waals surface area contributed by atoms with Crippen LogP contribution in [-0.2, 0) is 11.3 Å². The van der Waals surface area contributed by atoms with Gasteiger partial charge in [-0.05, 0) is 25.3 Å². The van der Waals surface area contributed by atoms with Gasteiger partial charge in [-0.3, -0.25) is 4.99 Å². The van der Waals surface area contributed by atoms with Crippen LogP contribution in [0.4, 0.5) is 0 Å². The highest BCUT2D eigenvalue weighted by Crippen LogP contribution is 2.23. The molecule has 1 aliphatic heterocycles. The lowest BCUT2D eigenvalue weighted by molar-refractivity contribution is 0.0243. The number of nitrogens with one attached hydrogen (secondary N) is 2. The van der Waals surface area contributed by atoms with Crippen LogP contribution in [-0.4, -0.2) is 43.9 Å². The third-order valence-corrected chi connectivity index (χ3v) is 3.62.